The van der Waals surface area contributed by atoms with Crippen molar-refractivity contribution in [2.75, 3.05) is 0 Å². The summed E-state index contributed by atoms with van der Waals surface area (Å²) in [5.41, 5.74) is 4.51. The molecule has 26 heavy (non-hydrogen) atoms. The predicted octanol–water partition coefficient (Wildman–Crippen LogP) is 3.28. The Bertz CT molecular complexity index is 781. The minimum Gasteiger partial charge on any atom is -0.458 e. The van der Waals surface area contributed by atoms with E-state index in [2.05, 4.69) is 26.0 Å². The minimum absolute atomic E-state index is 0.00586. The van der Waals surface area contributed by atoms with Gasteiger partial charge in [-0.15, -0.1) is 0 Å². The Morgan fingerprint density at radius 3 is 2.85 bits per heavy atom. The predicted molar refractivity (Wildman–Crippen MR) is 95.4 cm³/mol. The Kier molecular flexibility index (Phi) is 4.35. The average molecular weight is 356 g/mol. The Morgan fingerprint density at radius 1 is 1.31 bits per heavy atom. The van der Waals surface area contributed by atoms with Gasteiger partial charge in [-0.3, -0.25) is 4.79 Å². The number of epoxide rings is 1. The SMILES string of the molecule is CC(=O)O[C@H]1C[C@H](C)Cc2ccc(C)c(/C=C/[C@@H]3C[C@H]4O[C@H]4C(=O)O3)c21. The molecule has 138 valence electrons. The van der Waals surface area contributed by atoms with E-state index in [0.29, 0.717) is 12.3 Å². The second kappa shape index (κ2) is 6.54. The molecule has 3 aliphatic rings. The Morgan fingerprint density at radius 2 is 2.12 bits per heavy atom. The first kappa shape index (κ1) is 17.3. The molecule has 5 heteroatoms. The maximum Gasteiger partial charge on any atom is 0.338 e. The Hall–Kier alpha value is -2.14. The van der Waals surface area contributed by atoms with Gasteiger partial charge in [0, 0.05) is 18.9 Å². The molecule has 0 N–H and O–H groups in total. The van der Waals surface area contributed by atoms with E-state index in [-0.39, 0.29) is 36.4 Å². The highest BCUT2D eigenvalue weighted by molar-refractivity contribution is 5.79. The molecule has 4 rings (SSSR count). The topological polar surface area (TPSA) is 65.1 Å². The van der Waals surface area contributed by atoms with E-state index in [4.69, 9.17) is 14.2 Å². The molecule has 0 amide bonds. The zero-order chi connectivity index (χ0) is 18.4. The van der Waals surface area contributed by atoms with Crippen LogP contribution in [0.5, 0.6) is 0 Å². The van der Waals surface area contributed by atoms with Gasteiger partial charge < -0.3 is 14.2 Å². The lowest BCUT2D eigenvalue weighted by atomic mass is 9.79. The lowest BCUT2D eigenvalue weighted by Gasteiger charge is -2.31. The summed E-state index contributed by atoms with van der Waals surface area (Å²) < 4.78 is 16.3. The van der Waals surface area contributed by atoms with Gasteiger partial charge in [0.05, 0.1) is 6.10 Å². The number of carbonyl (C=O) groups is 2. The number of hydrogen-bond donors (Lipinski definition) is 0. The van der Waals surface area contributed by atoms with Crippen LogP contribution in [0.1, 0.15) is 55.0 Å². The fourth-order valence-corrected chi connectivity index (χ4v) is 4.16. The standard InChI is InChI=1S/C21H24O5/c1-11-8-14-5-4-12(2)16(19(14)17(9-11)24-13(3)22)7-6-15-10-18-20(26-18)21(23)25-15/h4-7,11,15,17-18,20H,8-10H2,1-3H3/b7-6+/t11-,15-,17+,18-,20-/m1/s1. The monoisotopic (exact) mass is 356 g/mol. The third-order valence-corrected chi connectivity index (χ3v) is 5.43. The summed E-state index contributed by atoms with van der Waals surface area (Å²) in [5.74, 6) is -0.0615. The average Bonchev–Trinajstić information content (AvgIpc) is 3.33. The molecule has 1 aliphatic carbocycles. The summed E-state index contributed by atoms with van der Waals surface area (Å²) in [6.45, 7) is 5.69. The maximum atomic E-state index is 11.7. The molecule has 0 spiro atoms. The number of cyclic esters (lactones) is 1. The van der Waals surface area contributed by atoms with E-state index in [1.165, 1.54) is 12.5 Å². The van der Waals surface area contributed by atoms with Crippen molar-refractivity contribution in [1.29, 1.82) is 0 Å². The van der Waals surface area contributed by atoms with Crippen molar-refractivity contribution in [3.8, 4) is 0 Å². The molecular weight excluding hydrogens is 332 g/mol. The number of aryl methyl sites for hydroxylation is 1. The lowest BCUT2D eigenvalue weighted by molar-refractivity contribution is -0.150. The van der Waals surface area contributed by atoms with Gasteiger partial charge in [-0.05, 0) is 48.4 Å². The van der Waals surface area contributed by atoms with Gasteiger partial charge in [-0.2, -0.15) is 0 Å². The van der Waals surface area contributed by atoms with Gasteiger partial charge >= 0.3 is 11.9 Å². The van der Waals surface area contributed by atoms with Crippen molar-refractivity contribution in [2.45, 2.75) is 64.4 Å². The van der Waals surface area contributed by atoms with Gasteiger partial charge in [0.15, 0.2) is 6.10 Å². The number of ether oxygens (including phenoxy) is 3. The number of fused-ring (bicyclic) bond motifs is 2. The summed E-state index contributed by atoms with van der Waals surface area (Å²) in [6.07, 6.45) is 5.62. The highest BCUT2D eigenvalue weighted by Crippen LogP contribution is 2.40. The molecule has 0 bridgehead atoms. The summed E-state index contributed by atoms with van der Waals surface area (Å²) in [7, 11) is 0. The van der Waals surface area contributed by atoms with E-state index < -0.39 is 0 Å². The Balaban J connectivity index is 1.65. The molecule has 0 aromatic heterocycles. The van der Waals surface area contributed by atoms with Gasteiger partial charge in [-0.25, -0.2) is 4.79 Å². The molecule has 1 aromatic rings. The van der Waals surface area contributed by atoms with Gasteiger partial charge in [0.2, 0.25) is 0 Å². The summed E-state index contributed by atoms with van der Waals surface area (Å²) >= 11 is 0. The summed E-state index contributed by atoms with van der Waals surface area (Å²) in [5, 5.41) is 0. The second-order valence-corrected chi connectivity index (χ2v) is 7.68. The van der Waals surface area contributed by atoms with Crippen molar-refractivity contribution < 1.29 is 23.8 Å². The minimum atomic E-state index is -0.347. The molecule has 5 nitrogen and oxygen atoms in total. The van der Waals surface area contributed by atoms with Gasteiger partial charge in [0.25, 0.3) is 0 Å². The summed E-state index contributed by atoms with van der Waals surface area (Å²) in [4.78, 5) is 23.3. The third kappa shape index (κ3) is 3.28. The smallest absolute Gasteiger partial charge is 0.338 e. The zero-order valence-electron chi connectivity index (χ0n) is 15.4. The zero-order valence-corrected chi connectivity index (χ0v) is 15.4. The second-order valence-electron chi connectivity index (χ2n) is 7.68. The fraction of sp³-hybridized carbons (Fsp3) is 0.524. The summed E-state index contributed by atoms with van der Waals surface area (Å²) in [6, 6.07) is 4.24. The van der Waals surface area contributed by atoms with Crippen LogP contribution < -0.4 is 0 Å². The molecule has 2 heterocycles. The van der Waals surface area contributed by atoms with Crippen LogP contribution >= 0.6 is 0 Å². The van der Waals surface area contributed by atoms with Gasteiger partial charge in [-0.1, -0.05) is 25.1 Å². The normalized spacial score (nSPS) is 32.6. The van der Waals surface area contributed by atoms with Crippen LogP contribution in [0.25, 0.3) is 6.08 Å². The first-order chi connectivity index (χ1) is 12.4. The van der Waals surface area contributed by atoms with E-state index >= 15 is 0 Å². The van der Waals surface area contributed by atoms with E-state index in [0.717, 1.165) is 29.5 Å². The molecule has 0 unspecified atom stereocenters. The van der Waals surface area contributed by atoms with Crippen LogP contribution in [0.4, 0.5) is 0 Å². The largest absolute Gasteiger partial charge is 0.458 e. The van der Waals surface area contributed by atoms with Crippen LogP contribution in [0.15, 0.2) is 18.2 Å². The number of esters is 2. The fourth-order valence-electron chi connectivity index (χ4n) is 4.16. The third-order valence-electron chi connectivity index (χ3n) is 5.43. The number of hydrogen-bond acceptors (Lipinski definition) is 5. The van der Waals surface area contributed by atoms with Crippen LogP contribution in [0, 0.1) is 12.8 Å². The van der Waals surface area contributed by atoms with E-state index in [1.54, 1.807) is 0 Å². The van der Waals surface area contributed by atoms with E-state index in [9.17, 15) is 9.59 Å². The molecular formula is C21H24O5. The van der Waals surface area contributed by atoms with Gasteiger partial charge in [0.1, 0.15) is 12.2 Å². The molecule has 5 atom stereocenters. The number of rotatable bonds is 3. The highest BCUT2D eigenvalue weighted by atomic mass is 16.7. The van der Waals surface area contributed by atoms with Crippen molar-refractivity contribution in [3.63, 3.8) is 0 Å². The van der Waals surface area contributed by atoms with Crippen LogP contribution in [0.2, 0.25) is 0 Å². The maximum absolute atomic E-state index is 11.7. The van der Waals surface area contributed by atoms with Crippen LogP contribution in [-0.4, -0.2) is 30.3 Å². The first-order valence-electron chi connectivity index (χ1n) is 9.26. The van der Waals surface area contributed by atoms with Crippen LogP contribution in [0.3, 0.4) is 0 Å². The Labute approximate surface area is 153 Å². The lowest BCUT2D eigenvalue weighted by Crippen LogP contribution is -2.28. The van der Waals surface area contributed by atoms with Crippen molar-refractivity contribution in [3.05, 3.63) is 40.5 Å². The van der Waals surface area contributed by atoms with Crippen molar-refractivity contribution in [1.82, 2.24) is 0 Å². The highest BCUT2D eigenvalue weighted by Gasteiger charge is 2.51. The first-order valence-corrected chi connectivity index (χ1v) is 9.26. The molecule has 1 aromatic carbocycles. The number of carbonyl (C=O) groups excluding carboxylic acids is 2. The molecule has 0 saturated carbocycles. The van der Waals surface area contributed by atoms with E-state index in [1.807, 2.05) is 12.2 Å². The molecule has 0 radical (unpaired) electrons. The quantitative estimate of drug-likeness (QED) is 0.614. The van der Waals surface area contributed by atoms with Crippen molar-refractivity contribution in [2.24, 2.45) is 5.92 Å². The van der Waals surface area contributed by atoms with Crippen LogP contribution in [-0.2, 0) is 30.2 Å². The molecule has 2 saturated heterocycles. The number of benzene rings is 1. The molecule has 2 fully saturated rings. The van der Waals surface area contributed by atoms with Crippen molar-refractivity contribution >= 4 is 18.0 Å². The molecule has 2 aliphatic heterocycles.